The molecule has 7 nitrogen and oxygen atoms in total. The molecular formula is C44H29Br2N5O2. The second-order valence-electron chi connectivity index (χ2n) is 11.7. The number of pyridine rings is 4. The van der Waals surface area contributed by atoms with E-state index in [0.717, 1.165) is 59.8 Å². The lowest BCUT2D eigenvalue weighted by Gasteiger charge is -2.05. The van der Waals surface area contributed by atoms with Crippen molar-refractivity contribution >= 4 is 71.5 Å². The first kappa shape index (κ1) is 35.3. The van der Waals surface area contributed by atoms with Crippen molar-refractivity contribution < 1.29 is 9.59 Å². The lowest BCUT2D eigenvalue weighted by molar-refractivity contribution is 0.103. The molecule has 0 bridgehead atoms. The minimum absolute atomic E-state index is 0.0804. The molecule has 0 N–H and O–H groups in total. The first-order chi connectivity index (χ1) is 26.0. The molecule has 5 heterocycles. The number of hydrogen-bond acceptors (Lipinski definition) is 6. The number of imidazole rings is 1. The summed E-state index contributed by atoms with van der Waals surface area (Å²) < 4.78 is 4.20. The van der Waals surface area contributed by atoms with Crippen LogP contribution in [0.3, 0.4) is 0 Å². The van der Waals surface area contributed by atoms with Gasteiger partial charge in [-0.2, -0.15) is 0 Å². The highest BCUT2D eigenvalue weighted by Crippen LogP contribution is 2.32. The van der Waals surface area contributed by atoms with Crippen molar-refractivity contribution in [3.05, 3.63) is 196 Å². The summed E-state index contributed by atoms with van der Waals surface area (Å²) in [7, 11) is 0. The molecule has 256 valence electrons. The Balaban J connectivity index is 0.000000139. The molecule has 0 saturated carbocycles. The fourth-order valence-electron chi connectivity index (χ4n) is 5.66. The molecule has 0 atom stereocenters. The summed E-state index contributed by atoms with van der Waals surface area (Å²) in [6.45, 7) is 0. The zero-order valence-electron chi connectivity index (χ0n) is 28.1. The highest BCUT2D eigenvalue weighted by molar-refractivity contribution is 9.10. The van der Waals surface area contributed by atoms with Gasteiger partial charge in [0.2, 0.25) is 5.78 Å². The average Bonchev–Trinajstić information content (AvgIpc) is 3.62. The van der Waals surface area contributed by atoms with Crippen molar-refractivity contribution in [2.75, 3.05) is 0 Å². The Morgan fingerprint density at radius 3 is 1.89 bits per heavy atom. The van der Waals surface area contributed by atoms with Gasteiger partial charge < -0.3 is 0 Å². The van der Waals surface area contributed by atoms with E-state index in [1.165, 1.54) is 0 Å². The summed E-state index contributed by atoms with van der Waals surface area (Å²) in [6, 6.07) is 50.5. The number of aldehydes is 1. The monoisotopic (exact) mass is 817 g/mol. The number of hydrogen-bond donors (Lipinski definition) is 0. The molecule has 0 spiro atoms. The van der Waals surface area contributed by atoms with Gasteiger partial charge in [-0.25, -0.2) is 19.9 Å². The number of benzene rings is 4. The van der Waals surface area contributed by atoms with Gasteiger partial charge in [-0.15, -0.1) is 0 Å². The van der Waals surface area contributed by atoms with E-state index in [9.17, 15) is 9.59 Å². The molecule has 0 unspecified atom stereocenters. The van der Waals surface area contributed by atoms with Crippen LogP contribution in [0.15, 0.2) is 179 Å². The van der Waals surface area contributed by atoms with E-state index in [1.54, 1.807) is 36.5 Å². The van der Waals surface area contributed by atoms with E-state index in [2.05, 4.69) is 93.7 Å². The topological polar surface area (TPSA) is 90.1 Å². The number of nitrogens with zero attached hydrogens (tertiary/aromatic N) is 5. The molecular weight excluding hydrogens is 790 g/mol. The fraction of sp³-hybridized carbons (Fsp3) is 0. The first-order valence-electron chi connectivity index (χ1n) is 16.6. The van der Waals surface area contributed by atoms with Crippen molar-refractivity contribution in [3.63, 3.8) is 0 Å². The van der Waals surface area contributed by atoms with Crippen molar-refractivity contribution in [1.29, 1.82) is 0 Å². The first-order valence-corrected chi connectivity index (χ1v) is 18.2. The van der Waals surface area contributed by atoms with Crippen LogP contribution >= 0.6 is 31.9 Å². The smallest absolute Gasteiger partial charge is 0.211 e. The average molecular weight is 820 g/mol. The second kappa shape index (κ2) is 16.5. The molecule has 0 saturated heterocycles. The molecule has 53 heavy (non-hydrogen) atoms. The van der Waals surface area contributed by atoms with E-state index in [0.29, 0.717) is 22.5 Å². The molecule has 4 aromatic carbocycles. The highest BCUT2D eigenvalue weighted by atomic mass is 79.9. The molecule has 9 aromatic rings. The van der Waals surface area contributed by atoms with Crippen LogP contribution in [0.1, 0.15) is 26.4 Å². The van der Waals surface area contributed by atoms with E-state index in [-0.39, 0.29) is 5.78 Å². The highest BCUT2D eigenvalue weighted by Gasteiger charge is 2.17. The second-order valence-corrected chi connectivity index (χ2v) is 13.6. The lowest BCUT2D eigenvalue weighted by Crippen LogP contribution is -2.04. The van der Waals surface area contributed by atoms with Crippen LogP contribution < -0.4 is 0 Å². The maximum Gasteiger partial charge on any atom is 0.211 e. The summed E-state index contributed by atoms with van der Waals surface area (Å²) in [6.07, 6.45) is 4.33. The largest absolute Gasteiger partial charge is 0.298 e. The summed E-state index contributed by atoms with van der Waals surface area (Å²) in [5.74, 6) is 0.818. The summed E-state index contributed by atoms with van der Waals surface area (Å²) in [4.78, 5) is 40.4. The Kier molecular flexibility index (Phi) is 10.9. The Morgan fingerprint density at radius 1 is 0.566 bits per heavy atom. The standard InChI is InChI=1S/C22H14BrN3.C15H10N2O.C7H5BrO/c23-18-11-8-17(9-12-18)22-25-20(15-5-2-1-3-6-15)19-13-10-16-7-4-14-24-21(16)26(19)22;18-14(11-5-2-1-3-6-11)13-9-8-12-7-4-10-16-15(12)17-13;8-7-3-1-6(5-9)2-4-7/h1-14H;1-10H;1-5H. The third-order valence-corrected chi connectivity index (χ3v) is 9.31. The number of rotatable bonds is 5. The number of fused-ring (bicyclic) bond motifs is 4. The van der Waals surface area contributed by atoms with Gasteiger partial charge in [0.05, 0.1) is 11.2 Å². The minimum Gasteiger partial charge on any atom is -0.298 e. The fourth-order valence-corrected chi connectivity index (χ4v) is 6.18. The van der Waals surface area contributed by atoms with Crippen LogP contribution in [0.2, 0.25) is 0 Å². The number of halogens is 2. The Bertz CT molecular complexity index is 2670. The summed E-state index contributed by atoms with van der Waals surface area (Å²) in [5.41, 5.74) is 7.46. The van der Waals surface area contributed by atoms with Crippen LogP contribution in [0.25, 0.3) is 50.2 Å². The third-order valence-electron chi connectivity index (χ3n) is 8.25. The van der Waals surface area contributed by atoms with Crippen molar-refractivity contribution in [3.8, 4) is 22.6 Å². The summed E-state index contributed by atoms with van der Waals surface area (Å²) in [5, 5.41) is 2.03. The van der Waals surface area contributed by atoms with Gasteiger partial charge in [0.1, 0.15) is 23.5 Å². The zero-order chi connectivity index (χ0) is 36.6. The van der Waals surface area contributed by atoms with Gasteiger partial charge in [-0.05, 0) is 72.8 Å². The maximum absolute atomic E-state index is 12.2. The lowest BCUT2D eigenvalue weighted by atomic mass is 10.1. The van der Waals surface area contributed by atoms with Crippen molar-refractivity contribution in [2.24, 2.45) is 0 Å². The van der Waals surface area contributed by atoms with E-state index >= 15 is 0 Å². The Morgan fingerprint density at radius 2 is 1.19 bits per heavy atom. The molecule has 9 rings (SSSR count). The van der Waals surface area contributed by atoms with E-state index in [1.807, 2.05) is 91.1 Å². The molecule has 0 radical (unpaired) electrons. The quantitative estimate of drug-likeness (QED) is 0.127. The van der Waals surface area contributed by atoms with Gasteiger partial charge in [-0.3, -0.25) is 14.0 Å². The summed E-state index contributed by atoms with van der Waals surface area (Å²) >= 11 is 6.77. The molecule has 5 aromatic heterocycles. The number of ketones is 1. The van der Waals surface area contributed by atoms with E-state index in [4.69, 9.17) is 4.98 Å². The van der Waals surface area contributed by atoms with Gasteiger partial charge in [0, 0.05) is 54.4 Å². The van der Waals surface area contributed by atoms with Crippen LogP contribution in [0, 0.1) is 0 Å². The van der Waals surface area contributed by atoms with Gasteiger partial charge in [0.15, 0.2) is 5.65 Å². The number of carbonyl (C=O) groups excluding carboxylic acids is 2. The van der Waals surface area contributed by atoms with Crippen molar-refractivity contribution in [2.45, 2.75) is 0 Å². The molecule has 9 heteroatoms. The van der Waals surface area contributed by atoms with Gasteiger partial charge in [0.25, 0.3) is 0 Å². The normalized spacial score (nSPS) is 10.6. The molecule has 0 fully saturated rings. The number of aromatic nitrogens is 5. The molecule has 0 amide bonds. The van der Waals surface area contributed by atoms with E-state index < -0.39 is 0 Å². The Hall–Kier alpha value is -6.16. The Labute approximate surface area is 322 Å². The number of carbonyl (C=O) groups is 2. The minimum atomic E-state index is -0.0804. The predicted molar refractivity (Wildman–Crippen MR) is 218 cm³/mol. The van der Waals surface area contributed by atoms with Crippen molar-refractivity contribution in [1.82, 2.24) is 24.3 Å². The molecule has 0 aliphatic carbocycles. The van der Waals surface area contributed by atoms with Gasteiger partial charge >= 0.3 is 0 Å². The molecule has 0 aliphatic heterocycles. The maximum atomic E-state index is 12.2. The zero-order valence-corrected chi connectivity index (χ0v) is 31.2. The van der Waals surface area contributed by atoms with Crippen LogP contribution in [-0.4, -0.2) is 36.4 Å². The SMILES string of the molecule is Brc1ccc(-c2nc(-c3ccccc3)c3ccc4cccnc4n23)cc1.O=C(c1ccccc1)c1ccc2cccnc2n1.O=Cc1ccc(Br)cc1. The van der Waals surface area contributed by atoms with Gasteiger partial charge in [-0.1, -0.05) is 117 Å². The predicted octanol–water partition coefficient (Wildman–Crippen LogP) is 11.1. The third kappa shape index (κ3) is 8.17. The van der Waals surface area contributed by atoms with Crippen LogP contribution in [-0.2, 0) is 0 Å². The van der Waals surface area contributed by atoms with Crippen LogP contribution in [0.4, 0.5) is 0 Å². The molecule has 0 aliphatic rings. The van der Waals surface area contributed by atoms with Crippen LogP contribution in [0.5, 0.6) is 0 Å².